The summed E-state index contributed by atoms with van der Waals surface area (Å²) in [6, 6.07) is 19.2. The van der Waals surface area contributed by atoms with Gasteiger partial charge in [-0.15, -0.1) is 0 Å². The first-order valence-corrected chi connectivity index (χ1v) is 11.2. The van der Waals surface area contributed by atoms with Gasteiger partial charge in [0.25, 0.3) is 0 Å². The van der Waals surface area contributed by atoms with Crippen molar-refractivity contribution in [2.24, 2.45) is 5.92 Å². The van der Waals surface area contributed by atoms with Crippen LogP contribution >= 0.6 is 0 Å². The van der Waals surface area contributed by atoms with Crippen LogP contribution in [0.2, 0.25) is 0 Å². The number of likely N-dealkylation sites (tertiary alicyclic amines) is 1. The Balaban J connectivity index is 1.43. The van der Waals surface area contributed by atoms with E-state index in [4.69, 9.17) is 0 Å². The highest BCUT2D eigenvalue weighted by atomic mass is 16.2. The largest absolute Gasteiger partial charge is 0.338 e. The molecule has 1 aliphatic heterocycles. The van der Waals surface area contributed by atoms with Crippen molar-refractivity contribution in [2.75, 3.05) is 26.2 Å². The molecule has 3 rings (SSSR count). The number of hydrogen-bond acceptors (Lipinski definition) is 2. The van der Waals surface area contributed by atoms with Crippen LogP contribution in [0.4, 0.5) is 0 Å². The molecule has 2 aromatic rings. The van der Waals surface area contributed by atoms with Gasteiger partial charge in [-0.05, 0) is 68.3 Å². The quantitative estimate of drug-likeness (QED) is 0.594. The lowest BCUT2D eigenvalue weighted by molar-refractivity contribution is -0.132. The Morgan fingerprint density at radius 1 is 1.03 bits per heavy atom. The molecular weight excluding hydrogens is 356 g/mol. The van der Waals surface area contributed by atoms with Gasteiger partial charge in [0.05, 0.1) is 0 Å². The van der Waals surface area contributed by atoms with Crippen molar-refractivity contribution in [2.45, 2.75) is 52.5 Å². The van der Waals surface area contributed by atoms with E-state index in [1.54, 1.807) is 0 Å². The summed E-state index contributed by atoms with van der Waals surface area (Å²) in [6.45, 7) is 8.99. The Kier molecular flexibility index (Phi) is 8.30. The summed E-state index contributed by atoms with van der Waals surface area (Å²) in [5.41, 5.74) is 3.98. The van der Waals surface area contributed by atoms with Gasteiger partial charge in [0.15, 0.2) is 0 Å². The third-order valence-corrected chi connectivity index (χ3v) is 6.18. The van der Waals surface area contributed by atoms with Crippen molar-refractivity contribution in [3.63, 3.8) is 0 Å². The number of carbonyl (C=O) groups is 1. The number of rotatable bonds is 9. The van der Waals surface area contributed by atoms with Crippen LogP contribution in [0.3, 0.4) is 0 Å². The second kappa shape index (κ2) is 11.2. The van der Waals surface area contributed by atoms with E-state index < -0.39 is 0 Å². The van der Waals surface area contributed by atoms with Gasteiger partial charge in [0, 0.05) is 26.1 Å². The SMILES string of the molecule is CCCN(Cc1ccccc1C)C(=O)CCN1CCC(Cc2ccccc2)CC1. The molecule has 0 saturated carbocycles. The lowest BCUT2D eigenvalue weighted by atomic mass is 9.90. The van der Waals surface area contributed by atoms with Crippen LogP contribution in [0.25, 0.3) is 0 Å². The molecule has 156 valence electrons. The summed E-state index contributed by atoms with van der Waals surface area (Å²) in [6.07, 6.45) is 5.31. The standard InChI is InChI=1S/C26H36N2O/c1-3-16-28(21-25-12-8-7-9-22(25)2)26(29)15-19-27-17-13-24(14-18-27)20-23-10-5-4-6-11-23/h4-12,24H,3,13-21H2,1-2H3. The summed E-state index contributed by atoms with van der Waals surface area (Å²) in [5.74, 6) is 1.07. The van der Waals surface area contributed by atoms with Crippen LogP contribution in [0.5, 0.6) is 0 Å². The Bertz CT molecular complexity index is 750. The highest BCUT2D eigenvalue weighted by Crippen LogP contribution is 2.22. The van der Waals surface area contributed by atoms with Gasteiger partial charge in [0.1, 0.15) is 0 Å². The van der Waals surface area contributed by atoms with Gasteiger partial charge >= 0.3 is 0 Å². The Morgan fingerprint density at radius 3 is 2.41 bits per heavy atom. The molecule has 0 aromatic heterocycles. The molecule has 1 fully saturated rings. The lowest BCUT2D eigenvalue weighted by Gasteiger charge is -2.32. The monoisotopic (exact) mass is 392 g/mol. The van der Waals surface area contributed by atoms with Crippen LogP contribution in [-0.4, -0.2) is 41.9 Å². The van der Waals surface area contributed by atoms with Gasteiger partial charge in [0.2, 0.25) is 5.91 Å². The molecule has 0 radical (unpaired) electrons. The molecule has 3 nitrogen and oxygen atoms in total. The normalized spacial score (nSPS) is 15.4. The van der Waals surface area contributed by atoms with E-state index in [-0.39, 0.29) is 0 Å². The summed E-state index contributed by atoms with van der Waals surface area (Å²) in [7, 11) is 0. The van der Waals surface area contributed by atoms with E-state index in [9.17, 15) is 4.79 Å². The maximum absolute atomic E-state index is 12.9. The molecule has 1 amide bonds. The van der Waals surface area contributed by atoms with Crippen LogP contribution in [0.1, 0.15) is 49.3 Å². The number of nitrogens with zero attached hydrogens (tertiary/aromatic N) is 2. The predicted octanol–water partition coefficient (Wildman–Crippen LogP) is 5.08. The highest BCUT2D eigenvalue weighted by Gasteiger charge is 2.21. The first-order chi connectivity index (χ1) is 14.2. The van der Waals surface area contributed by atoms with Crippen LogP contribution < -0.4 is 0 Å². The minimum absolute atomic E-state index is 0.293. The molecule has 1 saturated heterocycles. The van der Waals surface area contributed by atoms with Crippen molar-refractivity contribution in [3.8, 4) is 0 Å². The molecule has 0 bridgehead atoms. The van der Waals surface area contributed by atoms with Crippen LogP contribution in [0.15, 0.2) is 54.6 Å². The minimum atomic E-state index is 0.293. The summed E-state index contributed by atoms with van der Waals surface area (Å²) >= 11 is 0. The summed E-state index contributed by atoms with van der Waals surface area (Å²) in [4.78, 5) is 17.4. The fourth-order valence-corrected chi connectivity index (χ4v) is 4.33. The molecule has 0 spiro atoms. The van der Waals surface area contributed by atoms with Gasteiger partial charge in [-0.1, -0.05) is 61.5 Å². The maximum Gasteiger partial charge on any atom is 0.224 e. The van der Waals surface area contributed by atoms with Crippen molar-refractivity contribution < 1.29 is 4.79 Å². The first kappa shape index (κ1) is 21.6. The Hall–Kier alpha value is -2.13. The first-order valence-electron chi connectivity index (χ1n) is 11.2. The lowest BCUT2D eigenvalue weighted by Crippen LogP contribution is -2.38. The smallest absolute Gasteiger partial charge is 0.224 e. The van der Waals surface area contributed by atoms with Gasteiger partial charge < -0.3 is 9.80 Å². The average molecular weight is 393 g/mol. The number of amides is 1. The molecule has 1 heterocycles. The average Bonchev–Trinajstić information content (AvgIpc) is 2.75. The number of aryl methyl sites for hydroxylation is 1. The van der Waals surface area contributed by atoms with E-state index in [2.05, 4.69) is 73.3 Å². The maximum atomic E-state index is 12.9. The highest BCUT2D eigenvalue weighted by molar-refractivity contribution is 5.76. The van der Waals surface area contributed by atoms with Crippen molar-refractivity contribution in [1.29, 1.82) is 0 Å². The fraction of sp³-hybridized carbons (Fsp3) is 0.500. The summed E-state index contributed by atoms with van der Waals surface area (Å²) in [5, 5.41) is 0. The minimum Gasteiger partial charge on any atom is -0.338 e. The molecule has 2 aromatic carbocycles. The van der Waals surface area contributed by atoms with E-state index >= 15 is 0 Å². The van der Waals surface area contributed by atoms with Crippen molar-refractivity contribution in [3.05, 3.63) is 71.3 Å². The van der Waals surface area contributed by atoms with Crippen molar-refractivity contribution >= 4 is 5.91 Å². The molecule has 29 heavy (non-hydrogen) atoms. The zero-order valence-corrected chi connectivity index (χ0v) is 18.1. The number of carbonyl (C=O) groups excluding carboxylic acids is 1. The number of piperidine rings is 1. The molecule has 0 unspecified atom stereocenters. The summed E-state index contributed by atoms with van der Waals surface area (Å²) < 4.78 is 0. The van der Waals surface area contributed by atoms with Crippen molar-refractivity contribution in [1.82, 2.24) is 9.80 Å². The van der Waals surface area contributed by atoms with Gasteiger partial charge in [-0.25, -0.2) is 0 Å². The predicted molar refractivity (Wildman–Crippen MR) is 121 cm³/mol. The van der Waals surface area contributed by atoms with E-state index in [1.165, 1.54) is 36.0 Å². The van der Waals surface area contributed by atoms with E-state index in [0.29, 0.717) is 12.3 Å². The topological polar surface area (TPSA) is 23.6 Å². The zero-order chi connectivity index (χ0) is 20.5. The van der Waals surface area contributed by atoms with E-state index in [1.807, 2.05) is 4.90 Å². The molecule has 1 aliphatic rings. The molecule has 0 atom stereocenters. The third-order valence-electron chi connectivity index (χ3n) is 6.18. The van der Waals surface area contributed by atoms with Crippen LogP contribution in [-0.2, 0) is 17.8 Å². The number of benzene rings is 2. The Labute approximate surface area is 176 Å². The van der Waals surface area contributed by atoms with Gasteiger partial charge in [-0.2, -0.15) is 0 Å². The van der Waals surface area contributed by atoms with Gasteiger partial charge in [-0.3, -0.25) is 4.79 Å². The fourth-order valence-electron chi connectivity index (χ4n) is 4.33. The molecular formula is C26H36N2O. The third kappa shape index (κ3) is 6.71. The second-order valence-corrected chi connectivity index (χ2v) is 8.47. The number of hydrogen-bond donors (Lipinski definition) is 0. The second-order valence-electron chi connectivity index (χ2n) is 8.47. The zero-order valence-electron chi connectivity index (χ0n) is 18.1. The Morgan fingerprint density at radius 2 is 1.72 bits per heavy atom. The molecule has 3 heteroatoms. The molecule has 0 aliphatic carbocycles. The van der Waals surface area contributed by atoms with Crippen LogP contribution in [0, 0.1) is 12.8 Å². The van der Waals surface area contributed by atoms with E-state index in [0.717, 1.165) is 45.1 Å². The molecule has 0 N–H and O–H groups in total.